The van der Waals surface area contributed by atoms with E-state index in [-0.39, 0.29) is 6.10 Å². The molecule has 0 saturated heterocycles. The van der Waals surface area contributed by atoms with Gasteiger partial charge in [-0.2, -0.15) is 4.98 Å². The molecule has 0 amide bonds. The summed E-state index contributed by atoms with van der Waals surface area (Å²) in [6.07, 6.45) is 5.37. The van der Waals surface area contributed by atoms with Gasteiger partial charge in [0.2, 0.25) is 11.7 Å². The van der Waals surface area contributed by atoms with Gasteiger partial charge in [-0.15, -0.1) is 0 Å². The molecule has 0 aliphatic heterocycles. The van der Waals surface area contributed by atoms with Crippen molar-refractivity contribution < 1.29 is 9.26 Å². The molecule has 2 N–H and O–H groups in total. The van der Waals surface area contributed by atoms with Crippen LogP contribution in [0.15, 0.2) is 4.52 Å². The van der Waals surface area contributed by atoms with E-state index in [1.807, 2.05) is 6.92 Å². The zero-order valence-electron chi connectivity index (χ0n) is 12.0. The van der Waals surface area contributed by atoms with Crippen LogP contribution < -0.4 is 5.73 Å². The summed E-state index contributed by atoms with van der Waals surface area (Å²) in [4.78, 5) is 4.49. The lowest BCUT2D eigenvalue weighted by atomic mass is 10.0. The fraction of sp³-hybridized carbons (Fsp3) is 0.857. The Morgan fingerprint density at radius 2 is 2.21 bits per heavy atom. The van der Waals surface area contributed by atoms with Gasteiger partial charge in [-0.05, 0) is 51.0 Å². The zero-order chi connectivity index (χ0) is 13.7. The molecule has 0 spiro atoms. The highest BCUT2D eigenvalue weighted by atomic mass is 16.5. The van der Waals surface area contributed by atoms with Crippen LogP contribution in [0.2, 0.25) is 0 Å². The van der Waals surface area contributed by atoms with Crippen LogP contribution in [0.3, 0.4) is 0 Å². The molecule has 0 aromatic carbocycles. The number of rotatable bonds is 9. The van der Waals surface area contributed by atoms with Crippen molar-refractivity contribution in [2.24, 2.45) is 17.6 Å². The molecule has 1 heterocycles. The monoisotopic (exact) mass is 267 g/mol. The Labute approximate surface area is 114 Å². The summed E-state index contributed by atoms with van der Waals surface area (Å²) < 4.78 is 11.1. The topological polar surface area (TPSA) is 74.2 Å². The van der Waals surface area contributed by atoms with Gasteiger partial charge in [-0.1, -0.05) is 12.1 Å². The predicted molar refractivity (Wildman–Crippen MR) is 72.5 cm³/mol. The van der Waals surface area contributed by atoms with E-state index in [4.69, 9.17) is 15.0 Å². The normalized spacial score (nSPS) is 18.5. The fourth-order valence-corrected chi connectivity index (χ4v) is 2.28. The van der Waals surface area contributed by atoms with Crippen molar-refractivity contribution >= 4 is 0 Å². The molecule has 2 unspecified atom stereocenters. The Kier molecular flexibility index (Phi) is 5.34. The van der Waals surface area contributed by atoms with E-state index in [0.717, 1.165) is 37.5 Å². The van der Waals surface area contributed by atoms with Gasteiger partial charge >= 0.3 is 0 Å². The van der Waals surface area contributed by atoms with E-state index in [9.17, 15) is 0 Å². The van der Waals surface area contributed by atoms with E-state index in [2.05, 4.69) is 17.1 Å². The predicted octanol–water partition coefficient (Wildman–Crippen LogP) is 2.47. The molecule has 1 aromatic heterocycles. The van der Waals surface area contributed by atoms with E-state index >= 15 is 0 Å². The third-order valence-electron chi connectivity index (χ3n) is 3.65. The first-order valence-electron chi connectivity index (χ1n) is 7.38. The maximum Gasteiger partial charge on any atom is 0.226 e. The molecule has 108 valence electrons. The third-order valence-corrected chi connectivity index (χ3v) is 3.65. The van der Waals surface area contributed by atoms with Crippen molar-refractivity contribution in [1.29, 1.82) is 0 Å². The molecule has 1 saturated carbocycles. The second-order valence-corrected chi connectivity index (χ2v) is 5.48. The summed E-state index contributed by atoms with van der Waals surface area (Å²) in [7, 11) is 0. The highest BCUT2D eigenvalue weighted by molar-refractivity contribution is 4.98. The molecule has 0 radical (unpaired) electrons. The number of aromatic nitrogens is 2. The molecular weight excluding hydrogens is 242 g/mol. The standard InChI is InChI=1S/C14H25N3O2/c1-3-18-13(11-5-6-11)14-16-12(19-17-14)7-4-10(2)8-9-15/h10-11,13H,3-9,15H2,1-2H3. The van der Waals surface area contributed by atoms with Crippen LogP contribution in [0.1, 0.15) is 57.3 Å². The largest absolute Gasteiger partial charge is 0.370 e. The summed E-state index contributed by atoms with van der Waals surface area (Å²) in [5.74, 6) is 2.64. The van der Waals surface area contributed by atoms with Crippen LogP contribution in [0.25, 0.3) is 0 Å². The minimum Gasteiger partial charge on any atom is -0.370 e. The van der Waals surface area contributed by atoms with Crippen LogP contribution >= 0.6 is 0 Å². The summed E-state index contributed by atoms with van der Waals surface area (Å²) in [5.41, 5.74) is 5.55. The number of ether oxygens (including phenoxy) is 1. The zero-order valence-corrected chi connectivity index (χ0v) is 12.0. The van der Waals surface area contributed by atoms with Gasteiger partial charge in [-0.3, -0.25) is 0 Å². The Bertz CT molecular complexity index is 377. The SMILES string of the molecule is CCOC(c1noc(CCC(C)CCN)n1)C1CC1. The second-order valence-electron chi connectivity index (χ2n) is 5.48. The average molecular weight is 267 g/mol. The number of nitrogens with zero attached hydrogens (tertiary/aromatic N) is 2. The molecule has 5 nitrogen and oxygen atoms in total. The van der Waals surface area contributed by atoms with Crippen molar-refractivity contribution in [1.82, 2.24) is 10.1 Å². The van der Waals surface area contributed by atoms with Gasteiger partial charge < -0.3 is 15.0 Å². The van der Waals surface area contributed by atoms with E-state index < -0.39 is 0 Å². The van der Waals surface area contributed by atoms with Crippen LogP contribution in [-0.2, 0) is 11.2 Å². The first-order valence-corrected chi connectivity index (χ1v) is 7.38. The second kappa shape index (κ2) is 7.01. The molecular formula is C14H25N3O2. The third kappa shape index (κ3) is 4.28. The van der Waals surface area contributed by atoms with Crippen molar-refractivity contribution in [2.45, 2.75) is 52.1 Å². The van der Waals surface area contributed by atoms with Gasteiger partial charge in [0.1, 0.15) is 6.10 Å². The highest BCUT2D eigenvalue weighted by Gasteiger charge is 2.36. The summed E-state index contributed by atoms with van der Waals surface area (Å²) in [6.45, 7) is 5.64. The number of aryl methyl sites for hydroxylation is 1. The van der Waals surface area contributed by atoms with Crippen LogP contribution in [0.5, 0.6) is 0 Å². The van der Waals surface area contributed by atoms with Crippen LogP contribution in [0.4, 0.5) is 0 Å². The molecule has 0 bridgehead atoms. The van der Waals surface area contributed by atoms with Crippen LogP contribution in [0, 0.1) is 11.8 Å². The summed E-state index contributed by atoms with van der Waals surface area (Å²) >= 11 is 0. The maximum absolute atomic E-state index is 5.73. The quantitative estimate of drug-likeness (QED) is 0.744. The Balaban J connectivity index is 1.86. The Morgan fingerprint density at radius 1 is 1.42 bits per heavy atom. The minimum absolute atomic E-state index is 0.0314. The molecule has 1 aliphatic carbocycles. The van der Waals surface area contributed by atoms with Gasteiger partial charge in [0.05, 0.1) is 0 Å². The van der Waals surface area contributed by atoms with Crippen molar-refractivity contribution in [3.63, 3.8) is 0 Å². The summed E-state index contributed by atoms with van der Waals surface area (Å²) in [5, 5.41) is 4.08. The Morgan fingerprint density at radius 3 is 2.84 bits per heavy atom. The highest BCUT2D eigenvalue weighted by Crippen LogP contribution is 2.42. The summed E-state index contributed by atoms with van der Waals surface area (Å²) in [6, 6.07) is 0. The van der Waals surface area contributed by atoms with E-state index in [1.165, 1.54) is 12.8 Å². The average Bonchev–Trinajstić information content (AvgIpc) is 3.12. The minimum atomic E-state index is 0.0314. The molecule has 5 heteroatoms. The van der Waals surface area contributed by atoms with E-state index in [0.29, 0.717) is 18.4 Å². The smallest absolute Gasteiger partial charge is 0.226 e. The first-order chi connectivity index (χ1) is 9.24. The molecule has 1 aromatic rings. The van der Waals surface area contributed by atoms with Crippen molar-refractivity contribution in [3.05, 3.63) is 11.7 Å². The first kappa shape index (κ1) is 14.5. The van der Waals surface area contributed by atoms with Crippen molar-refractivity contribution in [3.8, 4) is 0 Å². The van der Waals surface area contributed by atoms with Gasteiger partial charge in [0.25, 0.3) is 0 Å². The van der Waals surface area contributed by atoms with Crippen molar-refractivity contribution in [2.75, 3.05) is 13.2 Å². The van der Waals surface area contributed by atoms with E-state index in [1.54, 1.807) is 0 Å². The fourth-order valence-electron chi connectivity index (χ4n) is 2.28. The number of hydrogen-bond acceptors (Lipinski definition) is 5. The molecule has 1 fully saturated rings. The Hall–Kier alpha value is -0.940. The lowest BCUT2D eigenvalue weighted by Crippen LogP contribution is -2.09. The van der Waals surface area contributed by atoms with Gasteiger partial charge in [-0.25, -0.2) is 0 Å². The van der Waals surface area contributed by atoms with Crippen LogP contribution in [-0.4, -0.2) is 23.3 Å². The van der Waals surface area contributed by atoms with Gasteiger partial charge in [0.15, 0.2) is 0 Å². The maximum atomic E-state index is 5.73. The van der Waals surface area contributed by atoms with Gasteiger partial charge in [0, 0.05) is 13.0 Å². The molecule has 2 atom stereocenters. The molecule has 19 heavy (non-hydrogen) atoms. The lowest BCUT2D eigenvalue weighted by Gasteiger charge is -2.11. The number of nitrogens with two attached hydrogens (primary N) is 1. The molecule has 1 aliphatic rings. The molecule has 2 rings (SSSR count). The number of hydrogen-bond donors (Lipinski definition) is 1. The lowest BCUT2D eigenvalue weighted by molar-refractivity contribution is 0.0384.